The van der Waals surface area contributed by atoms with E-state index in [2.05, 4.69) is 28.6 Å². The zero-order valence-corrected chi connectivity index (χ0v) is 23.5. The van der Waals surface area contributed by atoms with E-state index in [1.54, 1.807) is 0 Å². The third-order valence-electron chi connectivity index (χ3n) is 9.46. The van der Waals surface area contributed by atoms with Crippen molar-refractivity contribution in [2.24, 2.45) is 28.4 Å². The number of rotatable bonds is 13. The van der Waals surface area contributed by atoms with E-state index in [0.29, 0.717) is 31.7 Å². The number of nitrogens with one attached hydrogen (secondary N) is 3. The third-order valence-corrected chi connectivity index (χ3v) is 10.7. The van der Waals surface area contributed by atoms with Crippen LogP contribution in [0.15, 0.2) is 0 Å². The fourth-order valence-electron chi connectivity index (χ4n) is 9.03. The lowest BCUT2D eigenvalue weighted by molar-refractivity contribution is -0.141. The Morgan fingerprint density at radius 1 is 0.946 bits per heavy atom. The Bertz CT molecular complexity index is 932. The molecule has 5 aliphatic carbocycles. The molecule has 0 radical (unpaired) electrons. The topological polar surface area (TPSA) is 151 Å². The van der Waals surface area contributed by atoms with Crippen LogP contribution in [-0.2, 0) is 19.8 Å². The zero-order valence-electron chi connectivity index (χ0n) is 22.7. The van der Waals surface area contributed by atoms with Gasteiger partial charge >= 0.3 is 5.97 Å². The summed E-state index contributed by atoms with van der Waals surface area (Å²) in [5, 5.41) is 12.9. The van der Waals surface area contributed by atoms with Crippen LogP contribution in [0.1, 0.15) is 110 Å². The minimum absolute atomic E-state index is 0.147. The fraction of sp³-hybridized carbons (Fsp3) is 0.926. The molecule has 0 spiro atoms. The summed E-state index contributed by atoms with van der Waals surface area (Å²) in [5.74, 6) is -0.615. The van der Waals surface area contributed by atoms with Crippen molar-refractivity contribution in [2.75, 3.05) is 6.54 Å². The van der Waals surface area contributed by atoms with Gasteiger partial charge in [-0.3, -0.25) is 9.59 Å². The van der Waals surface area contributed by atoms with Crippen molar-refractivity contribution < 1.29 is 23.1 Å². The second-order valence-electron chi connectivity index (χ2n) is 13.6. The van der Waals surface area contributed by atoms with Crippen molar-refractivity contribution >= 4 is 22.1 Å². The molecule has 5 aliphatic rings. The highest BCUT2D eigenvalue weighted by Crippen LogP contribution is 2.66. The van der Waals surface area contributed by atoms with Gasteiger partial charge in [0.15, 0.2) is 0 Å². The summed E-state index contributed by atoms with van der Waals surface area (Å²) in [6.07, 6.45) is 13.5. The van der Waals surface area contributed by atoms with Gasteiger partial charge in [-0.15, -0.1) is 0 Å². The predicted octanol–water partition coefficient (Wildman–Crippen LogP) is 3.20. The Hall–Kier alpha value is -1.23. The molecule has 0 heterocycles. The van der Waals surface area contributed by atoms with Crippen LogP contribution in [0.5, 0.6) is 0 Å². The van der Waals surface area contributed by atoms with E-state index in [0.717, 1.165) is 44.9 Å². The van der Waals surface area contributed by atoms with Gasteiger partial charge in [0.25, 0.3) is 10.2 Å². The average Bonchev–Trinajstić information content (AvgIpc) is 2.75. The highest BCUT2D eigenvalue weighted by atomic mass is 32.2. The Morgan fingerprint density at radius 3 is 2.14 bits per heavy atom. The third kappa shape index (κ3) is 7.25. The van der Waals surface area contributed by atoms with Crippen LogP contribution >= 0.6 is 0 Å². The van der Waals surface area contributed by atoms with E-state index in [9.17, 15) is 23.1 Å². The Labute approximate surface area is 222 Å². The van der Waals surface area contributed by atoms with Gasteiger partial charge in [0.05, 0.1) is 0 Å². The Kier molecular flexibility index (Phi) is 8.63. The first-order chi connectivity index (χ1) is 17.3. The Morgan fingerprint density at radius 2 is 1.57 bits per heavy atom. The first kappa shape index (κ1) is 28.8. The second-order valence-corrected chi connectivity index (χ2v) is 15.1. The van der Waals surface area contributed by atoms with E-state index in [1.165, 1.54) is 25.7 Å². The lowest BCUT2D eigenvalue weighted by Gasteiger charge is -2.65. The largest absolute Gasteiger partial charge is 0.480 e. The van der Waals surface area contributed by atoms with Crippen molar-refractivity contribution in [2.45, 2.75) is 128 Å². The number of hydrogen-bond acceptors (Lipinski definition) is 5. The number of carbonyl (C=O) groups is 2. The molecular weight excluding hydrogens is 492 g/mol. The summed E-state index contributed by atoms with van der Waals surface area (Å²) in [5.41, 5.74) is 5.66. The number of carbonyl (C=O) groups excluding carboxylic acids is 1. The number of hydrogen-bond donors (Lipinski definition) is 5. The molecule has 6 N–H and O–H groups in total. The molecule has 4 atom stereocenters. The summed E-state index contributed by atoms with van der Waals surface area (Å²) in [6.45, 7) is 5.11. The molecule has 0 aliphatic heterocycles. The van der Waals surface area contributed by atoms with E-state index >= 15 is 0 Å². The molecular formula is C27H48N4O5S. The van der Waals surface area contributed by atoms with Crippen LogP contribution in [0.2, 0.25) is 0 Å². The van der Waals surface area contributed by atoms with Gasteiger partial charge in [0.1, 0.15) is 12.1 Å². The molecule has 10 heteroatoms. The molecule has 4 bridgehead atoms. The molecule has 9 nitrogen and oxygen atoms in total. The summed E-state index contributed by atoms with van der Waals surface area (Å²) in [6, 6.07) is -2.18. The molecule has 0 aromatic rings. The SMILES string of the molecule is CC12CC3CC(C)(C1)CC(NC(=O)[C@H](CC1CCCCC1)NS(=O)(=O)N[C@@H](CCCCN)C(=O)O)(C3)C2. The molecule has 1 amide bonds. The van der Waals surface area contributed by atoms with Gasteiger partial charge in [-0.25, -0.2) is 0 Å². The van der Waals surface area contributed by atoms with Gasteiger partial charge < -0.3 is 16.2 Å². The monoisotopic (exact) mass is 540 g/mol. The molecule has 0 aromatic heterocycles. The van der Waals surface area contributed by atoms with Gasteiger partial charge in [-0.2, -0.15) is 17.9 Å². The number of carboxylic acid groups (broad SMARTS) is 1. The molecule has 2 unspecified atom stereocenters. The summed E-state index contributed by atoms with van der Waals surface area (Å²) >= 11 is 0. The molecule has 5 saturated carbocycles. The van der Waals surface area contributed by atoms with Crippen molar-refractivity contribution in [3.8, 4) is 0 Å². The standard InChI is InChI=1S/C27H48N4O5S/c1-25-13-20-14-26(2,16-25)18-27(15-20,17-25)29-23(32)22(12-19-8-4-3-5-9-19)31-37(35,36)30-21(24(33)34)10-6-7-11-28/h19-22,30-31H,3-18,28H2,1-2H3,(H,29,32)(H,33,34)/t20?,21-,22-,25?,26?,27?/m0/s1. The first-order valence-corrected chi connectivity index (χ1v) is 15.9. The number of aliphatic carboxylic acids is 1. The summed E-state index contributed by atoms with van der Waals surface area (Å²) < 4.78 is 31.1. The summed E-state index contributed by atoms with van der Waals surface area (Å²) in [4.78, 5) is 25.5. The van der Waals surface area contributed by atoms with Crippen LogP contribution in [0, 0.1) is 22.7 Å². The lowest BCUT2D eigenvalue weighted by Crippen LogP contribution is -2.67. The highest BCUT2D eigenvalue weighted by Gasteiger charge is 2.60. The average molecular weight is 541 g/mol. The molecule has 0 aromatic carbocycles. The molecule has 0 saturated heterocycles. The quantitative estimate of drug-likeness (QED) is 0.226. The van der Waals surface area contributed by atoms with Crippen LogP contribution in [0.25, 0.3) is 0 Å². The maximum atomic E-state index is 13.8. The molecule has 37 heavy (non-hydrogen) atoms. The van der Waals surface area contributed by atoms with Gasteiger partial charge in [0.2, 0.25) is 5.91 Å². The van der Waals surface area contributed by atoms with Crippen molar-refractivity contribution in [3.63, 3.8) is 0 Å². The first-order valence-electron chi connectivity index (χ1n) is 14.4. The van der Waals surface area contributed by atoms with Crippen LogP contribution in [-0.4, -0.2) is 49.6 Å². The van der Waals surface area contributed by atoms with Gasteiger partial charge in [0, 0.05) is 5.54 Å². The number of nitrogens with two attached hydrogens (primary N) is 1. The minimum atomic E-state index is -4.22. The van der Waals surface area contributed by atoms with E-state index in [4.69, 9.17) is 5.73 Å². The predicted molar refractivity (Wildman–Crippen MR) is 143 cm³/mol. The second kappa shape index (κ2) is 11.1. The number of amides is 1. The van der Waals surface area contributed by atoms with Crippen molar-refractivity contribution in [1.82, 2.24) is 14.8 Å². The lowest BCUT2D eigenvalue weighted by atomic mass is 9.43. The summed E-state index contributed by atoms with van der Waals surface area (Å²) in [7, 11) is -4.22. The van der Waals surface area contributed by atoms with Crippen molar-refractivity contribution in [1.29, 1.82) is 0 Å². The maximum Gasteiger partial charge on any atom is 0.321 e. The van der Waals surface area contributed by atoms with Gasteiger partial charge in [-0.1, -0.05) is 52.4 Å². The highest BCUT2D eigenvalue weighted by molar-refractivity contribution is 7.87. The number of carboxylic acids is 1. The van der Waals surface area contributed by atoms with Crippen LogP contribution in [0.3, 0.4) is 0 Å². The Balaban J connectivity index is 1.48. The normalized spacial score (nSPS) is 35.3. The smallest absolute Gasteiger partial charge is 0.321 e. The number of unbranched alkanes of at least 4 members (excludes halogenated alkanes) is 1. The van der Waals surface area contributed by atoms with Crippen molar-refractivity contribution in [3.05, 3.63) is 0 Å². The molecule has 5 rings (SSSR count). The zero-order chi connectivity index (χ0) is 26.9. The van der Waals surface area contributed by atoms with Crippen LogP contribution < -0.4 is 20.5 Å². The van der Waals surface area contributed by atoms with Crippen LogP contribution in [0.4, 0.5) is 0 Å². The molecule has 5 fully saturated rings. The molecule has 212 valence electrons. The van der Waals surface area contributed by atoms with Gasteiger partial charge in [-0.05, 0) is 87.0 Å². The van der Waals surface area contributed by atoms with E-state index < -0.39 is 28.3 Å². The maximum absolute atomic E-state index is 13.8. The fourth-order valence-corrected chi connectivity index (χ4v) is 10.3. The van der Waals surface area contributed by atoms with E-state index in [1.807, 2.05) is 0 Å². The minimum Gasteiger partial charge on any atom is -0.480 e. The van der Waals surface area contributed by atoms with E-state index in [-0.39, 0.29) is 34.6 Å².